The molecule has 0 saturated carbocycles. The number of nitrogens with zero attached hydrogens (tertiary/aromatic N) is 2. The van der Waals surface area contributed by atoms with Crippen LogP contribution in [-0.2, 0) is 19.4 Å². The van der Waals surface area contributed by atoms with Gasteiger partial charge in [0.25, 0.3) is 0 Å². The third-order valence-electron chi connectivity index (χ3n) is 2.98. The first-order chi connectivity index (χ1) is 9.15. The van der Waals surface area contributed by atoms with Crippen molar-refractivity contribution < 1.29 is 5.11 Å². The molecule has 1 N–H and O–H groups in total. The van der Waals surface area contributed by atoms with E-state index in [1.165, 1.54) is 5.56 Å². The predicted molar refractivity (Wildman–Crippen MR) is 91.6 cm³/mol. The van der Waals surface area contributed by atoms with Crippen molar-refractivity contribution >= 4 is 24.8 Å². The molecule has 0 aliphatic carbocycles. The van der Waals surface area contributed by atoms with E-state index < -0.39 is 0 Å². The molecule has 0 radical (unpaired) electrons. The molecule has 2 aromatic rings. The van der Waals surface area contributed by atoms with Crippen molar-refractivity contribution in [1.82, 2.24) is 9.88 Å². The Labute approximate surface area is 138 Å². The highest BCUT2D eigenvalue weighted by Gasteiger charge is 2.06. The standard InChI is InChI=1S/C16H20N2O.2ClH/c1-18(2)12-14-9-11-16(19)15(17-14)10-8-13-6-4-3-5-7-13;;/h3-7,9,11,19H,8,10,12H2,1-2H3;2*1H. The smallest absolute Gasteiger partial charge is 0.137 e. The number of benzene rings is 1. The molecule has 0 spiro atoms. The molecule has 0 bridgehead atoms. The van der Waals surface area contributed by atoms with Gasteiger partial charge in [-0.2, -0.15) is 0 Å². The lowest BCUT2D eigenvalue weighted by molar-refractivity contribution is 0.394. The number of hydrogen-bond acceptors (Lipinski definition) is 3. The molecule has 5 heteroatoms. The molecule has 0 fully saturated rings. The minimum Gasteiger partial charge on any atom is -0.506 e. The van der Waals surface area contributed by atoms with Crippen molar-refractivity contribution in [3.8, 4) is 5.75 Å². The van der Waals surface area contributed by atoms with E-state index >= 15 is 0 Å². The van der Waals surface area contributed by atoms with Crippen LogP contribution in [-0.4, -0.2) is 29.1 Å². The summed E-state index contributed by atoms with van der Waals surface area (Å²) in [6.07, 6.45) is 1.66. The largest absolute Gasteiger partial charge is 0.506 e. The average molecular weight is 329 g/mol. The highest BCUT2D eigenvalue weighted by Crippen LogP contribution is 2.17. The van der Waals surface area contributed by atoms with Gasteiger partial charge in [0, 0.05) is 6.54 Å². The monoisotopic (exact) mass is 328 g/mol. The first-order valence-electron chi connectivity index (χ1n) is 6.51. The fraction of sp³-hybridized carbons (Fsp3) is 0.312. The second-order valence-corrected chi connectivity index (χ2v) is 4.99. The Hall–Kier alpha value is -1.29. The number of hydrogen-bond donors (Lipinski definition) is 1. The second-order valence-electron chi connectivity index (χ2n) is 4.99. The van der Waals surface area contributed by atoms with Crippen LogP contribution in [0.4, 0.5) is 0 Å². The normalized spacial score (nSPS) is 9.86. The summed E-state index contributed by atoms with van der Waals surface area (Å²) in [7, 11) is 4.02. The van der Waals surface area contributed by atoms with Gasteiger partial charge in [0.1, 0.15) is 5.75 Å². The van der Waals surface area contributed by atoms with Crippen molar-refractivity contribution in [2.24, 2.45) is 0 Å². The van der Waals surface area contributed by atoms with E-state index in [1.807, 2.05) is 38.4 Å². The molecule has 0 unspecified atom stereocenters. The quantitative estimate of drug-likeness (QED) is 0.912. The van der Waals surface area contributed by atoms with E-state index in [0.29, 0.717) is 5.75 Å². The van der Waals surface area contributed by atoms with E-state index in [9.17, 15) is 5.11 Å². The van der Waals surface area contributed by atoms with Gasteiger partial charge in [-0.3, -0.25) is 4.98 Å². The number of pyridine rings is 1. The summed E-state index contributed by atoms with van der Waals surface area (Å²) in [5, 5.41) is 9.87. The van der Waals surface area contributed by atoms with Gasteiger partial charge in [-0.05, 0) is 44.6 Å². The molecule has 3 nitrogen and oxygen atoms in total. The fourth-order valence-corrected chi connectivity index (χ4v) is 2.04. The lowest BCUT2D eigenvalue weighted by Gasteiger charge is -2.11. The van der Waals surface area contributed by atoms with Crippen molar-refractivity contribution in [3.63, 3.8) is 0 Å². The number of aryl methyl sites for hydroxylation is 2. The zero-order valence-corrected chi connectivity index (χ0v) is 14.0. The Bertz CT molecular complexity index is 533. The van der Waals surface area contributed by atoms with E-state index in [1.54, 1.807) is 6.07 Å². The molecule has 1 aromatic heterocycles. The van der Waals surface area contributed by atoms with Crippen LogP contribution in [0.2, 0.25) is 0 Å². The molecule has 1 aromatic carbocycles. The Balaban J connectivity index is 0.00000200. The summed E-state index contributed by atoms with van der Waals surface area (Å²) in [6, 6.07) is 13.9. The van der Waals surface area contributed by atoms with Crippen molar-refractivity contribution in [3.05, 3.63) is 59.4 Å². The summed E-state index contributed by atoms with van der Waals surface area (Å²) >= 11 is 0. The van der Waals surface area contributed by atoms with Gasteiger partial charge in [0.05, 0.1) is 11.4 Å². The summed E-state index contributed by atoms with van der Waals surface area (Å²) in [5.41, 5.74) is 3.04. The maximum atomic E-state index is 9.87. The van der Waals surface area contributed by atoms with Crippen LogP contribution in [0.5, 0.6) is 5.75 Å². The van der Waals surface area contributed by atoms with Gasteiger partial charge in [-0.25, -0.2) is 0 Å². The third kappa shape index (κ3) is 6.34. The highest BCUT2D eigenvalue weighted by atomic mass is 35.5. The Morgan fingerprint density at radius 3 is 2.24 bits per heavy atom. The first kappa shape index (κ1) is 19.7. The van der Waals surface area contributed by atoms with Gasteiger partial charge in [0.2, 0.25) is 0 Å². The van der Waals surface area contributed by atoms with Crippen LogP contribution in [0.3, 0.4) is 0 Å². The van der Waals surface area contributed by atoms with Gasteiger partial charge in [-0.15, -0.1) is 24.8 Å². The molecule has 0 aliphatic rings. The summed E-state index contributed by atoms with van der Waals surface area (Å²) in [5.74, 6) is 0.290. The van der Waals surface area contributed by atoms with Crippen LogP contribution in [0, 0.1) is 0 Å². The summed E-state index contributed by atoms with van der Waals surface area (Å²) in [6.45, 7) is 0.790. The molecule has 116 valence electrons. The van der Waals surface area contributed by atoms with Crippen LogP contribution >= 0.6 is 24.8 Å². The minimum absolute atomic E-state index is 0. The summed E-state index contributed by atoms with van der Waals surface area (Å²) < 4.78 is 0. The molecule has 0 amide bonds. The highest BCUT2D eigenvalue weighted by molar-refractivity contribution is 5.85. The van der Waals surface area contributed by atoms with E-state index in [2.05, 4.69) is 22.0 Å². The maximum absolute atomic E-state index is 9.87. The van der Waals surface area contributed by atoms with Gasteiger partial charge >= 0.3 is 0 Å². The predicted octanol–water partition coefficient (Wildman–Crippen LogP) is 3.48. The Kier molecular flexibility index (Phi) is 9.02. The number of aromatic hydroxyl groups is 1. The minimum atomic E-state index is 0. The molecule has 0 atom stereocenters. The number of aromatic nitrogens is 1. The van der Waals surface area contributed by atoms with Gasteiger partial charge < -0.3 is 10.0 Å². The zero-order chi connectivity index (χ0) is 13.7. The lowest BCUT2D eigenvalue weighted by atomic mass is 10.1. The van der Waals surface area contributed by atoms with Gasteiger partial charge in [0.15, 0.2) is 0 Å². The van der Waals surface area contributed by atoms with Crippen LogP contribution in [0.15, 0.2) is 42.5 Å². The lowest BCUT2D eigenvalue weighted by Crippen LogP contribution is -2.12. The summed E-state index contributed by atoms with van der Waals surface area (Å²) in [4.78, 5) is 6.61. The first-order valence-corrected chi connectivity index (χ1v) is 6.51. The van der Waals surface area contributed by atoms with Crippen LogP contribution in [0.1, 0.15) is 17.0 Å². The number of halogens is 2. The van der Waals surface area contributed by atoms with Crippen molar-refractivity contribution in [2.45, 2.75) is 19.4 Å². The Morgan fingerprint density at radius 2 is 1.62 bits per heavy atom. The molecule has 2 rings (SSSR count). The van der Waals surface area contributed by atoms with Crippen molar-refractivity contribution in [1.29, 1.82) is 0 Å². The molecule has 1 heterocycles. The number of rotatable bonds is 5. The maximum Gasteiger partial charge on any atom is 0.137 e. The molecular weight excluding hydrogens is 307 g/mol. The van der Waals surface area contributed by atoms with E-state index in [4.69, 9.17) is 0 Å². The average Bonchev–Trinajstić information content (AvgIpc) is 2.40. The van der Waals surface area contributed by atoms with E-state index in [0.717, 1.165) is 30.8 Å². The Morgan fingerprint density at radius 1 is 0.952 bits per heavy atom. The van der Waals surface area contributed by atoms with Crippen LogP contribution < -0.4 is 0 Å². The fourth-order valence-electron chi connectivity index (χ4n) is 2.04. The zero-order valence-electron chi connectivity index (χ0n) is 12.3. The van der Waals surface area contributed by atoms with Gasteiger partial charge in [-0.1, -0.05) is 30.3 Å². The molecule has 0 saturated heterocycles. The second kappa shape index (κ2) is 9.61. The molecular formula is C16H22Cl2N2O. The topological polar surface area (TPSA) is 36.4 Å². The van der Waals surface area contributed by atoms with Crippen LogP contribution in [0.25, 0.3) is 0 Å². The van der Waals surface area contributed by atoms with E-state index in [-0.39, 0.29) is 24.8 Å². The molecule has 21 heavy (non-hydrogen) atoms. The van der Waals surface area contributed by atoms with Crippen molar-refractivity contribution in [2.75, 3.05) is 14.1 Å². The molecule has 0 aliphatic heterocycles. The SMILES string of the molecule is CN(C)Cc1ccc(O)c(CCc2ccccc2)n1.Cl.Cl. The third-order valence-corrected chi connectivity index (χ3v) is 2.98.